The van der Waals surface area contributed by atoms with Gasteiger partial charge in [-0.3, -0.25) is 9.78 Å². The van der Waals surface area contributed by atoms with Crippen molar-refractivity contribution >= 4 is 35.5 Å². The first-order valence-electron chi connectivity index (χ1n) is 5.48. The molecule has 1 heterocycles. The molecule has 0 saturated carbocycles. The quantitative estimate of drug-likeness (QED) is 0.717. The minimum absolute atomic E-state index is 0.00207. The van der Waals surface area contributed by atoms with Crippen molar-refractivity contribution in [2.45, 2.75) is 6.04 Å². The monoisotopic (exact) mass is 277 g/mol. The molecule has 0 spiro atoms. The van der Waals surface area contributed by atoms with Gasteiger partial charge in [-0.1, -0.05) is 12.1 Å². The van der Waals surface area contributed by atoms with Gasteiger partial charge in [-0.25, -0.2) is 9.78 Å². The lowest BCUT2D eigenvalue weighted by Crippen LogP contribution is -2.42. The zero-order chi connectivity index (χ0) is 13.8. The van der Waals surface area contributed by atoms with E-state index in [-0.39, 0.29) is 11.4 Å². The van der Waals surface area contributed by atoms with Crippen molar-refractivity contribution in [3.05, 3.63) is 36.2 Å². The van der Waals surface area contributed by atoms with Crippen LogP contribution in [-0.2, 0) is 4.79 Å². The number of nitrogens with zero attached hydrogens (tertiary/aromatic N) is 2. The standard InChI is InChI=1S/C12H11N3O3S/c16-11(15-10(6-19)12(17)18)9-5-13-7-3-1-2-4-8(7)14-9/h1-5,10,19H,6H2,(H,15,16)(H,17,18). The second kappa shape index (κ2) is 5.66. The Labute approximate surface area is 114 Å². The molecule has 19 heavy (non-hydrogen) atoms. The van der Waals surface area contributed by atoms with E-state index in [1.165, 1.54) is 6.20 Å². The molecule has 0 saturated heterocycles. The predicted molar refractivity (Wildman–Crippen MR) is 72.3 cm³/mol. The van der Waals surface area contributed by atoms with E-state index in [0.29, 0.717) is 11.0 Å². The van der Waals surface area contributed by atoms with Gasteiger partial charge in [-0.2, -0.15) is 12.6 Å². The van der Waals surface area contributed by atoms with E-state index in [0.717, 1.165) is 0 Å². The van der Waals surface area contributed by atoms with Crippen LogP contribution < -0.4 is 5.32 Å². The number of hydrogen-bond acceptors (Lipinski definition) is 5. The molecule has 6 nitrogen and oxygen atoms in total. The van der Waals surface area contributed by atoms with Crippen molar-refractivity contribution < 1.29 is 14.7 Å². The molecule has 2 rings (SSSR count). The van der Waals surface area contributed by atoms with Gasteiger partial charge < -0.3 is 10.4 Å². The summed E-state index contributed by atoms with van der Waals surface area (Å²) in [6, 6.07) is 6.05. The second-order valence-corrected chi connectivity index (χ2v) is 4.16. The van der Waals surface area contributed by atoms with Crippen LogP contribution >= 0.6 is 12.6 Å². The normalized spacial score (nSPS) is 12.1. The largest absolute Gasteiger partial charge is 0.480 e. The maximum atomic E-state index is 11.9. The SMILES string of the molecule is O=C(NC(CS)C(=O)O)c1cnc2ccccc2n1. The Bertz CT molecular complexity index is 632. The highest BCUT2D eigenvalue weighted by atomic mass is 32.1. The third-order valence-electron chi connectivity index (χ3n) is 2.47. The number of carbonyl (C=O) groups excluding carboxylic acids is 1. The van der Waals surface area contributed by atoms with Crippen molar-refractivity contribution in [1.82, 2.24) is 15.3 Å². The average Bonchev–Trinajstić information content (AvgIpc) is 2.43. The molecule has 0 bridgehead atoms. The summed E-state index contributed by atoms with van der Waals surface area (Å²) in [6.45, 7) is 0. The zero-order valence-corrected chi connectivity index (χ0v) is 10.7. The summed E-state index contributed by atoms with van der Waals surface area (Å²) < 4.78 is 0. The van der Waals surface area contributed by atoms with E-state index in [4.69, 9.17) is 5.11 Å². The Kier molecular flexibility index (Phi) is 3.96. The van der Waals surface area contributed by atoms with Crippen molar-refractivity contribution in [3.63, 3.8) is 0 Å². The molecule has 1 aromatic heterocycles. The minimum Gasteiger partial charge on any atom is -0.480 e. The van der Waals surface area contributed by atoms with E-state index >= 15 is 0 Å². The molecule has 1 aromatic carbocycles. The molecule has 98 valence electrons. The van der Waals surface area contributed by atoms with E-state index in [2.05, 4.69) is 27.9 Å². The molecular weight excluding hydrogens is 266 g/mol. The number of carboxylic acids is 1. The number of hydrogen-bond donors (Lipinski definition) is 3. The second-order valence-electron chi connectivity index (χ2n) is 3.79. The summed E-state index contributed by atoms with van der Waals surface area (Å²) in [5.74, 6) is -1.72. The summed E-state index contributed by atoms with van der Waals surface area (Å²) >= 11 is 3.87. The van der Waals surface area contributed by atoms with Crippen LogP contribution in [-0.4, -0.2) is 38.7 Å². The molecule has 1 amide bonds. The van der Waals surface area contributed by atoms with Crippen LogP contribution in [0.25, 0.3) is 11.0 Å². The highest BCUT2D eigenvalue weighted by molar-refractivity contribution is 7.80. The third kappa shape index (κ3) is 3.00. The fraction of sp³-hybridized carbons (Fsp3) is 0.167. The topological polar surface area (TPSA) is 92.2 Å². The smallest absolute Gasteiger partial charge is 0.327 e. The molecule has 1 atom stereocenters. The molecule has 2 N–H and O–H groups in total. The molecule has 7 heteroatoms. The van der Waals surface area contributed by atoms with Crippen molar-refractivity contribution in [2.75, 3.05) is 5.75 Å². The molecule has 1 unspecified atom stereocenters. The Morgan fingerprint density at radius 1 is 1.32 bits per heavy atom. The van der Waals surface area contributed by atoms with Crippen LogP contribution in [0.1, 0.15) is 10.5 Å². The molecule has 0 aliphatic carbocycles. The van der Waals surface area contributed by atoms with Crippen LogP contribution in [0.15, 0.2) is 30.5 Å². The highest BCUT2D eigenvalue weighted by Gasteiger charge is 2.19. The number of rotatable bonds is 4. The van der Waals surface area contributed by atoms with Crippen molar-refractivity contribution in [1.29, 1.82) is 0 Å². The number of para-hydroxylation sites is 2. The van der Waals surface area contributed by atoms with Crippen molar-refractivity contribution in [3.8, 4) is 0 Å². The maximum absolute atomic E-state index is 11.9. The fourth-order valence-electron chi connectivity index (χ4n) is 1.48. The lowest BCUT2D eigenvalue weighted by molar-refractivity contribution is -0.138. The highest BCUT2D eigenvalue weighted by Crippen LogP contribution is 2.08. The van der Waals surface area contributed by atoms with E-state index in [9.17, 15) is 9.59 Å². The van der Waals surface area contributed by atoms with E-state index < -0.39 is 17.9 Å². The van der Waals surface area contributed by atoms with Crippen LogP contribution in [0.3, 0.4) is 0 Å². The van der Waals surface area contributed by atoms with Crippen LogP contribution in [0.2, 0.25) is 0 Å². The van der Waals surface area contributed by atoms with Gasteiger partial charge in [0.05, 0.1) is 17.2 Å². The molecule has 0 radical (unpaired) electrons. The number of fused-ring (bicyclic) bond motifs is 1. The Hall–Kier alpha value is -2.15. The summed E-state index contributed by atoms with van der Waals surface area (Å²) in [6.07, 6.45) is 1.31. The maximum Gasteiger partial charge on any atom is 0.327 e. The number of aromatic nitrogens is 2. The summed E-state index contributed by atoms with van der Waals surface area (Å²) in [4.78, 5) is 30.9. The van der Waals surface area contributed by atoms with Gasteiger partial charge in [0.25, 0.3) is 5.91 Å². The van der Waals surface area contributed by atoms with Gasteiger partial charge in [0.2, 0.25) is 0 Å². The zero-order valence-electron chi connectivity index (χ0n) is 9.78. The molecule has 0 aliphatic heterocycles. The fourth-order valence-corrected chi connectivity index (χ4v) is 1.73. The summed E-state index contributed by atoms with van der Waals surface area (Å²) in [7, 11) is 0. The Balaban J connectivity index is 2.24. The molecule has 0 aliphatic rings. The first-order chi connectivity index (χ1) is 9.11. The number of benzene rings is 1. The number of nitrogens with one attached hydrogen (secondary N) is 1. The first kappa shape index (κ1) is 13.3. The Morgan fingerprint density at radius 3 is 2.63 bits per heavy atom. The average molecular weight is 277 g/mol. The first-order valence-corrected chi connectivity index (χ1v) is 6.11. The number of aliphatic carboxylic acids is 1. The third-order valence-corrected chi connectivity index (χ3v) is 2.83. The van der Waals surface area contributed by atoms with Gasteiger partial charge >= 0.3 is 5.97 Å². The van der Waals surface area contributed by atoms with Crippen LogP contribution in [0, 0.1) is 0 Å². The molecular formula is C12H11N3O3S. The lowest BCUT2D eigenvalue weighted by atomic mass is 10.2. The van der Waals surface area contributed by atoms with E-state index in [1.54, 1.807) is 18.2 Å². The van der Waals surface area contributed by atoms with Gasteiger partial charge in [0, 0.05) is 5.75 Å². The summed E-state index contributed by atoms with van der Waals surface area (Å²) in [5, 5.41) is 11.2. The number of amides is 1. The molecule has 2 aromatic rings. The number of carboxylic acid groups (broad SMARTS) is 1. The van der Waals surface area contributed by atoms with Gasteiger partial charge in [-0.15, -0.1) is 0 Å². The van der Waals surface area contributed by atoms with Gasteiger partial charge in [0.1, 0.15) is 11.7 Å². The number of carbonyl (C=O) groups is 2. The Morgan fingerprint density at radius 2 is 2.00 bits per heavy atom. The molecule has 0 fully saturated rings. The van der Waals surface area contributed by atoms with Crippen molar-refractivity contribution in [2.24, 2.45) is 0 Å². The number of thiol groups is 1. The predicted octanol–water partition coefficient (Wildman–Crippen LogP) is 0.743. The minimum atomic E-state index is -1.14. The van der Waals surface area contributed by atoms with Crippen LogP contribution in [0.4, 0.5) is 0 Å². The lowest BCUT2D eigenvalue weighted by Gasteiger charge is -2.11. The van der Waals surface area contributed by atoms with Gasteiger partial charge in [-0.05, 0) is 12.1 Å². The van der Waals surface area contributed by atoms with Gasteiger partial charge in [0.15, 0.2) is 0 Å². The van der Waals surface area contributed by atoms with Crippen LogP contribution in [0.5, 0.6) is 0 Å². The summed E-state index contributed by atoms with van der Waals surface area (Å²) in [5.41, 5.74) is 1.32. The van der Waals surface area contributed by atoms with E-state index in [1.807, 2.05) is 6.07 Å².